The Balaban J connectivity index is 2.69. The Bertz CT molecular complexity index is 523. The van der Waals surface area contributed by atoms with Crippen molar-refractivity contribution in [2.45, 2.75) is 6.18 Å². The van der Waals surface area contributed by atoms with E-state index in [1.54, 1.807) is 0 Å². The van der Waals surface area contributed by atoms with E-state index in [2.05, 4.69) is 4.98 Å². The number of fused-ring (bicyclic) bond motifs is 1. The summed E-state index contributed by atoms with van der Waals surface area (Å²) in [5.41, 5.74) is -1.02. The molecule has 6 heteroatoms. The first-order chi connectivity index (χ1) is 6.48. The van der Waals surface area contributed by atoms with Gasteiger partial charge < -0.3 is 4.98 Å². The Kier molecular flexibility index (Phi) is 1.67. The predicted octanol–water partition coefficient (Wildman–Crippen LogP) is 1.65. The molecule has 74 valence electrons. The maximum absolute atomic E-state index is 12.2. The van der Waals surface area contributed by atoms with E-state index in [0.717, 1.165) is 22.7 Å². The molecule has 0 unspecified atom stereocenters. The number of nitrogens with one attached hydrogen (secondary N) is 1. The number of pyridine rings is 1. The molecule has 2 rings (SSSR count). The molecule has 0 bridgehead atoms. The Labute approximate surface area is 75.8 Å². The van der Waals surface area contributed by atoms with Gasteiger partial charge in [0.25, 0.3) is 0 Å². The van der Waals surface area contributed by atoms with Crippen LogP contribution in [-0.4, -0.2) is 9.38 Å². The fraction of sp³-hybridized carbons (Fsp3) is 0.125. The van der Waals surface area contributed by atoms with Crippen molar-refractivity contribution in [2.75, 3.05) is 0 Å². The topological polar surface area (TPSA) is 37.3 Å². The van der Waals surface area contributed by atoms with E-state index in [0.29, 0.717) is 0 Å². The predicted molar refractivity (Wildman–Crippen MR) is 43.0 cm³/mol. The molecule has 2 aromatic rings. The lowest BCUT2D eigenvalue weighted by molar-refractivity contribution is -0.137. The van der Waals surface area contributed by atoms with Crippen LogP contribution in [0.1, 0.15) is 5.56 Å². The third-order valence-corrected chi connectivity index (χ3v) is 1.87. The lowest BCUT2D eigenvalue weighted by Crippen LogP contribution is -2.10. The van der Waals surface area contributed by atoms with Gasteiger partial charge in [0, 0.05) is 12.4 Å². The number of H-pyrrole nitrogens is 1. The van der Waals surface area contributed by atoms with Gasteiger partial charge >= 0.3 is 11.9 Å². The molecule has 0 fully saturated rings. The Morgan fingerprint density at radius 2 is 2.07 bits per heavy atom. The van der Waals surface area contributed by atoms with Crippen molar-refractivity contribution in [2.24, 2.45) is 0 Å². The van der Waals surface area contributed by atoms with Gasteiger partial charge in [-0.25, -0.2) is 4.79 Å². The smallest absolute Gasteiger partial charge is 0.312 e. The van der Waals surface area contributed by atoms with E-state index in [1.807, 2.05) is 0 Å². The van der Waals surface area contributed by atoms with Crippen molar-refractivity contribution >= 4 is 5.52 Å². The normalized spacial score (nSPS) is 12.2. The van der Waals surface area contributed by atoms with Gasteiger partial charge in [0.1, 0.15) is 0 Å². The van der Waals surface area contributed by atoms with Gasteiger partial charge in [0.2, 0.25) is 0 Å². The fourth-order valence-corrected chi connectivity index (χ4v) is 1.20. The molecule has 14 heavy (non-hydrogen) atoms. The van der Waals surface area contributed by atoms with Crippen molar-refractivity contribution in [3.63, 3.8) is 0 Å². The van der Waals surface area contributed by atoms with Gasteiger partial charge in [-0.15, -0.1) is 0 Å². The first-order valence-corrected chi connectivity index (χ1v) is 3.75. The van der Waals surface area contributed by atoms with Crippen LogP contribution >= 0.6 is 0 Å². The first-order valence-electron chi connectivity index (χ1n) is 3.75. The summed E-state index contributed by atoms with van der Waals surface area (Å²) in [5.74, 6) is 0. The molecular formula is C8H5F3N2O. The van der Waals surface area contributed by atoms with E-state index >= 15 is 0 Å². The van der Waals surface area contributed by atoms with E-state index in [9.17, 15) is 18.0 Å². The van der Waals surface area contributed by atoms with Crippen LogP contribution in [0.15, 0.2) is 29.3 Å². The molecule has 0 aliphatic rings. The zero-order chi connectivity index (χ0) is 10.3. The molecule has 1 N–H and O–H groups in total. The summed E-state index contributed by atoms with van der Waals surface area (Å²) in [6.07, 6.45) is -2.05. The molecular weight excluding hydrogens is 197 g/mol. The van der Waals surface area contributed by atoms with Crippen LogP contribution in [0, 0.1) is 0 Å². The molecule has 3 nitrogen and oxygen atoms in total. The zero-order valence-electron chi connectivity index (χ0n) is 6.80. The number of hydrogen-bond donors (Lipinski definition) is 1. The summed E-state index contributed by atoms with van der Waals surface area (Å²) in [4.78, 5) is 13.3. The number of hydrogen-bond acceptors (Lipinski definition) is 1. The Hall–Kier alpha value is -1.72. The number of aromatic amines is 1. The second-order valence-corrected chi connectivity index (χ2v) is 2.80. The molecule has 0 saturated heterocycles. The van der Waals surface area contributed by atoms with Crippen molar-refractivity contribution in [3.8, 4) is 0 Å². The molecule has 2 heterocycles. The second kappa shape index (κ2) is 2.63. The summed E-state index contributed by atoms with van der Waals surface area (Å²) in [7, 11) is 0. The SMILES string of the molecule is O=c1[nH]cc2cc(C(F)(F)F)ccn12. The molecule has 0 radical (unpaired) electrons. The van der Waals surface area contributed by atoms with Gasteiger partial charge in [-0.2, -0.15) is 13.2 Å². The van der Waals surface area contributed by atoms with Crippen LogP contribution in [0.25, 0.3) is 5.52 Å². The summed E-state index contributed by atoms with van der Waals surface area (Å²) < 4.78 is 37.8. The first kappa shape index (κ1) is 8.86. The van der Waals surface area contributed by atoms with Crippen molar-refractivity contribution in [1.29, 1.82) is 0 Å². The molecule has 0 saturated carbocycles. The van der Waals surface area contributed by atoms with Crippen LogP contribution in [0.5, 0.6) is 0 Å². The van der Waals surface area contributed by atoms with Crippen molar-refractivity contribution in [1.82, 2.24) is 9.38 Å². The molecule has 2 aromatic heterocycles. The van der Waals surface area contributed by atoms with Gasteiger partial charge in [-0.05, 0) is 12.1 Å². The van der Waals surface area contributed by atoms with Crippen molar-refractivity contribution < 1.29 is 13.2 Å². The quantitative estimate of drug-likeness (QED) is 0.692. The largest absolute Gasteiger partial charge is 0.416 e. The van der Waals surface area contributed by atoms with Crippen molar-refractivity contribution in [3.05, 3.63) is 40.6 Å². The minimum atomic E-state index is -4.38. The molecule has 0 aliphatic heterocycles. The number of aromatic nitrogens is 2. The average molecular weight is 202 g/mol. The lowest BCUT2D eigenvalue weighted by Gasteiger charge is -2.05. The third-order valence-electron chi connectivity index (χ3n) is 1.87. The van der Waals surface area contributed by atoms with Gasteiger partial charge in [-0.3, -0.25) is 4.40 Å². The molecule has 0 atom stereocenters. The highest BCUT2D eigenvalue weighted by Gasteiger charge is 2.30. The summed E-state index contributed by atoms with van der Waals surface area (Å²) in [6, 6.07) is 1.78. The molecule has 0 amide bonds. The average Bonchev–Trinajstić information content (AvgIpc) is 2.46. The highest BCUT2D eigenvalue weighted by Crippen LogP contribution is 2.29. The molecule has 0 spiro atoms. The van der Waals surface area contributed by atoms with Crippen LogP contribution in [0.2, 0.25) is 0 Å². The van der Waals surface area contributed by atoms with Crippen LogP contribution < -0.4 is 5.69 Å². The second-order valence-electron chi connectivity index (χ2n) is 2.80. The number of alkyl halides is 3. The summed E-state index contributed by atoms with van der Waals surface area (Å²) in [6.45, 7) is 0. The summed E-state index contributed by atoms with van der Waals surface area (Å²) >= 11 is 0. The monoisotopic (exact) mass is 202 g/mol. The number of rotatable bonds is 0. The van der Waals surface area contributed by atoms with E-state index < -0.39 is 17.4 Å². The van der Waals surface area contributed by atoms with E-state index in [4.69, 9.17) is 0 Å². The van der Waals surface area contributed by atoms with E-state index in [1.165, 1.54) is 6.20 Å². The zero-order valence-corrected chi connectivity index (χ0v) is 6.80. The number of nitrogens with zero attached hydrogens (tertiary/aromatic N) is 1. The minimum absolute atomic E-state index is 0.199. The minimum Gasteiger partial charge on any atom is -0.312 e. The summed E-state index contributed by atoms with van der Waals surface area (Å²) in [5, 5.41) is 0. The third kappa shape index (κ3) is 1.28. The van der Waals surface area contributed by atoms with Crippen LogP contribution in [-0.2, 0) is 6.18 Å². The molecule has 0 aliphatic carbocycles. The highest BCUT2D eigenvalue weighted by atomic mass is 19.4. The fourth-order valence-electron chi connectivity index (χ4n) is 1.20. The Morgan fingerprint density at radius 3 is 2.71 bits per heavy atom. The maximum atomic E-state index is 12.2. The molecule has 0 aromatic carbocycles. The number of halogens is 3. The maximum Gasteiger partial charge on any atom is 0.416 e. The lowest BCUT2D eigenvalue weighted by atomic mass is 10.2. The Morgan fingerprint density at radius 1 is 1.36 bits per heavy atom. The highest BCUT2D eigenvalue weighted by molar-refractivity contribution is 5.47. The van der Waals surface area contributed by atoms with Gasteiger partial charge in [0.05, 0.1) is 11.1 Å². The number of imidazole rings is 1. The van der Waals surface area contributed by atoms with Crippen LogP contribution in [0.3, 0.4) is 0 Å². The van der Waals surface area contributed by atoms with Gasteiger partial charge in [0.15, 0.2) is 0 Å². The van der Waals surface area contributed by atoms with Crippen LogP contribution in [0.4, 0.5) is 13.2 Å². The standard InChI is InChI=1S/C8H5F3N2O/c9-8(10,11)5-1-2-13-6(3-5)4-12-7(13)14/h1-4H,(H,12,14). The van der Waals surface area contributed by atoms with Gasteiger partial charge in [-0.1, -0.05) is 0 Å². The van der Waals surface area contributed by atoms with E-state index in [-0.39, 0.29) is 5.52 Å².